The Morgan fingerprint density at radius 2 is 1.73 bits per heavy atom. The molecule has 0 aliphatic heterocycles. The second kappa shape index (κ2) is 8.87. The van der Waals surface area contributed by atoms with Gasteiger partial charge in [-0.2, -0.15) is 0 Å². The molecular formula is C19H28N2O5. The highest BCUT2D eigenvalue weighted by Crippen LogP contribution is 2.22. The number of carbonyl (C=O) groups is 3. The predicted octanol–water partition coefficient (Wildman–Crippen LogP) is 2.76. The summed E-state index contributed by atoms with van der Waals surface area (Å²) in [6, 6.07) is 0.223. The fourth-order valence-corrected chi connectivity index (χ4v) is 3.44. The van der Waals surface area contributed by atoms with E-state index in [0.717, 1.165) is 25.7 Å². The number of aromatic amines is 1. The van der Waals surface area contributed by atoms with Crippen LogP contribution in [-0.2, 0) is 14.3 Å². The molecule has 0 aromatic carbocycles. The van der Waals surface area contributed by atoms with Gasteiger partial charge in [0.25, 0.3) is 5.91 Å². The molecule has 0 saturated heterocycles. The Balaban J connectivity index is 1.99. The smallest absolute Gasteiger partial charge is 0.355 e. The molecule has 0 spiro atoms. The first-order chi connectivity index (χ1) is 12.4. The minimum Gasteiger partial charge on any atom is -0.461 e. The number of hydrogen-bond donors (Lipinski definition) is 1. The third-order valence-corrected chi connectivity index (χ3v) is 4.96. The van der Waals surface area contributed by atoms with Gasteiger partial charge in [-0.25, -0.2) is 9.59 Å². The SMILES string of the molecule is CCOC(=O)c1[nH]c(C)c(C(=O)OCC(=O)N(C)C2CCCCC2)c1C. The number of aryl methyl sites for hydroxylation is 1. The van der Waals surface area contributed by atoms with E-state index >= 15 is 0 Å². The predicted molar refractivity (Wildman–Crippen MR) is 96.1 cm³/mol. The van der Waals surface area contributed by atoms with E-state index in [9.17, 15) is 14.4 Å². The van der Waals surface area contributed by atoms with Gasteiger partial charge in [0, 0.05) is 18.8 Å². The van der Waals surface area contributed by atoms with Gasteiger partial charge in [0.2, 0.25) is 0 Å². The molecule has 1 amide bonds. The number of amides is 1. The van der Waals surface area contributed by atoms with Crippen LogP contribution in [0.1, 0.15) is 71.1 Å². The zero-order valence-corrected chi connectivity index (χ0v) is 16.0. The Morgan fingerprint density at radius 3 is 2.35 bits per heavy atom. The molecule has 1 saturated carbocycles. The van der Waals surface area contributed by atoms with Gasteiger partial charge in [-0.05, 0) is 39.2 Å². The highest BCUT2D eigenvalue weighted by Gasteiger charge is 2.26. The first-order valence-corrected chi connectivity index (χ1v) is 9.15. The van der Waals surface area contributed by atoms with Gasteiger partial charge in [0.05, 0.1) is 12.2 Å². The topological polar surface area (TPSA) is 88.7 Å². The van der Waals surface area contributed by atoms with Crippen molar-refractivity contribution < 1.29 is 23.9 Å². The maximum atomic E-state index is 12.4. The number of hydrogen-bond acceptors (Lipinski definition) is 5. The van der Waals surface area contributed by atoms with Crippen LogP contribution in [0.3, 0.4) is 0 Å². The number of carbonyl (C=O) groups excluding carboxylic acids is 3. The third kappa shape index (κ3) is 4.45. The Bertz CT molecular complexity index is 674. The molecule has 2 rings (SSSR count). The molecule has 1 fully saturated rings. The van der Waals surface area contributed by atoms with Crippen molar-refractivity contribution in [3.05, 3.63) is 22.5 Å². The van der Waals surface area contributed by atoms with E-state index in [1.165, 1.54) is 6.42 Å². The molecule has 0 atom stereocenters. The summed E-state index contributed by atoms with van der Waals surface area (Å²) in [7, 11) is 1.76. The Hall–Kier alpha value is -2.31. The summed E-state index contributed by atoms with van der Waals surface area (Å²) in [5.74, 6) is -1.33. The lowest BCUT2D eigenvalue weighted by Crippen LogP contribution is -2.40. The molecule has 1 aliphatic carbocycles. The van der Waals surface area contributed by atoms with Crippen molar-refractivity contribution in [2.24, 2.45) is 0 Å². The lowest BCUT2D eigenvalue weighted by atomic mass is 9.94. The zero-order chi connectivity index (χ0) is 19.3. The van der Waals surface area contributed by atoms with Crippen molar-refractivity contribution in [2.45, 2.75) is 58.9 Å². The molecule has 1 heterocycles. The molecule has 1 aromatic rings. The van der Waals surface area contributed by atoms with Gasteiger partial charge < -0.3 is 19.4 Å². The van der Waals surface area contributed by atoms with Crippen molar-refractivity contribution >= 4 is 17.8 Å². The summed E-state index contributed by atoms with van der Waals surface area (Å²) < 4.78 is 10.2. The Labute approximate surface area is 154 Å². The lowest BCUT2D eigenvalue weighted by Gasteiger charge is -2.31. The highest BCUT2D eigenvalue weighted by molar-refractivity contribution is 5.99. The molecule has 0 bridgehead atoms. The highest BCUT2D eigenvalue weighted by atomic mass is 16.5. The van der Waals surface area contributed by atoms with Crippen LogP contribution in [0.25, 0.3) is 0 Å². The molecule has 1 aromatic heterocycles. The van der Waals surface area contributed by atoms with E-state index in [0.29, 0.717) is 11.3 Å². The quantitative estimate of drug-likeness (QED) is 0.784. The van der Waals surface area contributed by atoms with E-state index < -0.39 is 11.9 Å². The largest absolute Gasteiger partial charge is 0.461 e. The maximum absolute atomic E-state index is 12.4. The van der Waals surface area contributed by atoms with Crippen LogP contribution in [0.2, 0.25) is 0 Å². The van der Waals surface area contributed by atoms with Crippen molar-refractivity contribution in [1.29, 1.82) is 0 Å². The van der Waals surface area contributed by atoms with Gasteiger partial charge in [-0.1, -0.05) is 19.3 Å². The van der Waals surface area contributed by atoms with Gasteiger partial charge in [-0.15, -0.1) is 0 Å². The molecule has 7 heteroatoms. The molecule has 0 unspecified atom stereocenters. The number of aromatic nitrogens is 1. The zero-order valence-electron chi connectivity index (χ0n) is 16.0. The molecular weight excluding hydrogens is 336 g/mol. The van der Waals surface area contributed by atoms with E-state index in [-0.39, 0.29) is 36.4 Å². The minimum absolute atomic E-state index is 0.207. The van der Waals surface area contributed by atoms with E-state index in [4.69, 9.17) is 9.47 Å². The third-order valence-electron chi connectivity index (χ3n) is 4.96. The second-order valence-electron chi connectivity index (χ2n) is 6.72. The first kappa shape index (κ1) is 20.0. The second-order valence-corrected chi connectivity index (χ2v) is 6.72. The number of nitrogens with zero attached hydrogens (tertiary/aromatic N) is 1. The average Bonchev–Trinajstić information content (AvgIpc) is 2.94. The van der Waals surface area contributed by atoms with Gasteiger partial charge in [0.1, 0.15) is 5.69 Å². The van der Waals surface area contributed by atoms with Crippen LogP contribution in [0.4, 0.5) is 0 Å². The Morgan fingerprint density at radius 1 is 1.08 bits per heavy atom. The number of ether oxygens (including phenoxy) is 2. The van der Waals surface area contributed by atoms with Gasteiger partial charge >= 0.3 is 11.9 Å². The number of nitrogens with one attached hydrogen (secondary N) is 1. The molecule has 144 valence electrons. The van der Waals surface area contributed by atoms with E-state index in [1.807, 2.05) is 0 Å². The monoisotopic (exact) mass is 364 g/mol. The summed E-state index contributed by atoms with van der Waals surface area (Å²) in [5, 5.41) is 0. The fourth-order valence-electron chi connectivity index (χ4n) is 3.44. The number of rotatable bonds is 6. The molecule has 1 N–H and O–H groups in total. The molecule has 7 nitrogen and oxygen atoms in total. The lowest BCUT2D eigenvalue weighted by molar-refractivity contribution is -0.135. The number of H-pyrrole nitrogens is 1. The summed E-state index contributed by atoms with van der Waals surface area (Å²) in [6.45, 7) is 5.00. The van der Waals surface area contributed by atoms with Crippen LogP contribution in [0, 0.1) is 13.8 Å². The van der Waals surface area contributed by atoms with Crippen LogP contribution in [-0.4, -0.2) is 54.0 Å². The van der Waals surface area contributed by atoms with Crippen molar-refractivity contribution in [1.82, 2.24) is 9.88 Å². The normalized spacial score (nSPS) is 14.8. The van der Waals surface area contributed by atoms with Crippen LogP contribution < -0.4 is 0 Å². The number of esters is 2. The van der Waals surface area contributed by atoms with Crippen LogP contribution in [0.15, 0.2) is 0 Å². The van der Waals surface area contributed by atoms with E-state index in [2.05, 4.69) is 4.98 Å². The maximum Gasteiger partial charge on any atom is 0.355 e. The van der Waals surface area contributed by atoms with Crippen LogP contribution in [0.5, 0.6) is 0 Å². The van der Waals surface area contributed by atoms with Gasteiger partial charge in [-0.3, -0.25) is 4.79 Å². The minimum atomic E-state index is -0.614. The molecule has 26 heavy (non-hydrogen) atoms. The van der Waals surface area contributed by atoms with Crippen molar-refractivity contribution in [3.8, 4) is 0 Å². The van der Waals surface area contributed by atoms with Crippen molar-refractivity contribution in [3.63, 3.8) is 0 Å². The summed E-state index contributed by atoms with van der Waals surface area (Å²) in [4.78, 5) is 41.2. The Kier molecular flexibility index (Phi) is 6.83. The average molecular weight is 364 g/mol. The molecule has 1 aliphatic rings. The van der Waals surface area contributed by atoms with Gasteiger partial charge in [0.15, 0.2) is 6.61 Å². The first-order valence-electron chi connectivity index (χ1n) is 9.15. The number of likely N-dealkylation sites (N-methyl/N-ethyl adjacent to an activating group) is 1. The molecule has 0 radical (unpaired) electrons. The standard InChI is InChI=1S/C19H28N2O5/c1-5-25-19(24)17-12(2)16(13(3)20-17)18(23)26-11-15(22)21(4)14-9-7-6-8-10-14/h14,20H,5-11H2,1-4H3. The fraction of sp³-hybridized carbons (Fsp3) is 0.632. The van der Waals surface area contributed by atoms with Crippen molar-refractivity contribution in [2.75, 3.05) is 20.3 Å². The summed E-state index contributed by atoms with van der Waals surface area (Å²) >= 11 is 0. The summed E-state index contributed by atoms with van der Waals surface area (Å²) in [5.41, 5.74) is 1.51. The van der Waals surface area contributed by atoms with E-state index in [1.54, 1.807) is 32.7 Å². The van der Waals surface area contributed by atoms with Crippen LogP contribution >= 0.6 is 0 Å². The summed E-state index contributed by atoms with van der Waals surface area (Å²) in [6.07, 6.45) is 5.45.